The maximum Gasteiger partial charge on any atom is 0.259 e. The van der Waals surface area contributed by atoms with Crippen LogP contribution in [0.1, 0.15) is 15.9 Å². The maximum atomic E-state index is 12.0. The number of nitrogens with zero attached hydrogens (tertiary/aromatic N) is 1. The largest absolute Gasteiger partial charge is 0.507 e. The molecule has 3 rings (SSSR count). The molecule has 136 valence electrons. The van der Waals surface area contributed by atoms with E-state index in [2.05, 4.69) is 15.8 Å². The summed E-state index contributed by atoms with van der Waals surface area (Å²) >= 11 is 5.94. The Balaban J connectivity index is 1.61. The molecule has 0 bridgehead atoms. The highest BCUT2D eigenvalue weighted by Gasteiger charge is 2.10. The van der Waals surface area contributed by atoms with Crippen LogP contribution in [0, 0.1) is 0 Å². The van der Waals surface area contributed by atoms with Crippen molar-refractivity contribution in [2.45, 2.75) is 0 Å². The maximum absolute atomic E-state index is 12.0. The molecule has 0 atom stereocenters. The number of hydrogen-bond acceptors (Lipinski definition) is 4. The summed E-state index contributed by atoms with van der Waals surface area (Å²) in [5, 5.41) is 18.4. The molecule has 3 aromatic carbocycles. The SMILES string of the molecule is O=C(CNC(=O)c1ccccc1Cl)NN=Cc1c(O)ccc2ccccc12. The lowest BCUT2D eigenvalue weighted by Crippen LogP contribution is -2.35. The molecular weight excluding hydrogens is 366 g/mol. The Morgan fingerprint density at radius 1 is 1.04 bits per heavy atom. The van der Waals surface area contributed by atoms with Crippen molar-refractivity contribution in [2.24, 2.45) is 5.10 Å². The van der Waals surface area contributed by atoms with E-state index in [1.165, 1.54) is 6.21 Å². The van der Waals surface area contributed by atoms with Crippen molar-refractivity contribution >= 4 is 40.4 Å². The molecule has 0 heterocycles. The van der Waals surface area contributed by atoms with E-state index in [0.717, 1.165) is 10.8 Å². The van der Waals surface area contributed by atoms with Crippen LogP contribution in [0.15, 0.2) is 65.8 Å². The van der Waals surface area contributed by atoms with Crippen molar-refractivity contribution in [1.82, 2.24) is 10.7 Å². The number of nitrogens with one attached hydrogen (secondary N) is 2. The van der Waals surface area contributed by atoms with Gasteiger partial charge in [0.15, 0.2) is 0 Å². The highest BCUT2D eigenvalue weighted by molar-refractivity contribution is 6.33. The fraction of sp³-hybridized carbons (Fsp3) is 0.0500. The Bertz CT molecular complexity index is 1030. The molecule has 0 spiro atoms. The zero-order valence-electron chi connectivity index (χ0n) is 14.1. The van der Waals surface area contributed by atoms with Crippen molar-refractivity contribution in [3.05, 3.63) is 76.8 Å². The zero-order valence-corrected chi connectivity index (χ0v) is 14.9. The standard InChI is InChI=1S/C20H16ClN3O3/c21-17-8-4-3-7-15(17)20(27)22-12-19(26)24-23-11-16-14-6-2-1-5-13(14)9-10-18(16)25/h1-11,25H,12H2,(H,22,27)(H,24,26). The summed E-state index contributed by atoms with van der Waals surface area (Å²) in [6.07, 6.45) is 1.37. The second-order valence-corrected chi connectivity index (χ2v) is 6.08. The molecule has 0 unspecified atom stereocenters. The Morgan fingerprint density at radius 3 is 2.59 bits per heavy atom. The molecule has 0 saturated carbocycles. The third-order valence-electron chi connectivity index (χ3n) is 3.86. The van der Waals surface area contributed by atoms with Crippen LogP contribution in [0.5, 0.6) is 5.75 Å². The molecule has 0 aliphatic carbocycles. The Hall–Kier alpha value is -3.38. The van der Waals surface area contributed by atoms with Gasteiger partial charge in [-0.05, 0) is 29.0 Å². The highest BCUT2D eigenvalue weighted by atomic mass is 35.5. The number of rotatable bonds is 5. The Kier molecular flexibility index (Phi) is 5.68. The highest BCUT2D eigenvalue weighted by Crippen LogP contribution is 2.25. The van der Waals surface area contributed by atoms with E-state index >= 15 is 0 Å². The van der Waals surface area contributed by atoms with Crippen molar-refractivity contribution in [2.75, 3.05) is 6.54 Å². The number of aromatic hydroxyl groups is 1. The van der Waals surface area contributed by atoms with Crippen LogP contribution < -0.4 is 10.7 Å². The molecule has 0 radical (unpaired) electrons. The predicted molar refractivity (Wildman–Crippen MR) is 105 cm³/mol. The van der Waals surface area contributed by atoms with Gasteiger partial charge < -0.3 is 10.4 Å². The number of halogens is 1. The molecule has 2 amide bonds. The van der Waals surface area contributed by atoms with Crippen LogP contribution in [-0.2, 0) is 4.79 Å². The zero-order chi connectivity index (χ0) is 19.2. The van der Waals surface area contributed by atoms with Crippen LogP contribution in [0.25, 0.3) is 10.8 Å². The number of fused-ring (bicyclic) bond motifs is 1. The number of hydrogen-bond donors (Lipinski definition) is 3. The van der Waals surface area contributed by atoms with E-state index in [1.807, 2.05) is 24.3 Å². The molecule has 0 saturated heterocycles. The van der Waals surface area contributed by atoms with Crippen LogP contribution >= 0.6 is 11.6 Å². The summed E-state index contributed by atoms with van der Waals surface area (Å²) in [7, 11) is 0. The summed E-state index contributed by atoms with van der Waals surface area (Å²) in [4.78, 5) is 23.9. The van der Waals surface area contributed by atoms with Gasteiger partial charge in [0.1, 0.15) is 5.75 Å². The first-order valence-corrected chi connectivity index (χ1v) is 8.49. The molecule has 0 aliphatic rings. The van der Waals surface area contributed by atoms with E-state index in [-0.39, 0.29) is 17.9 Å². The number of phenols is 1. The van der Waals surface area contributed by atoms with Crippen molar-refractivity contribution in [3.8, 4) is 5.75 Å². The average molecular weight is 382 g/mol. The minimum absolute atomic E-state index is 0.0544. The second-order valence-electron chi connectivity index (χ2n) is 5.68. The lowest BCUT2D eigenvalue weighted by Gasteiger charge is -2.06. The van der Waals surface area contributed by atoms with Gasteiger partial charge in [-0.1, -0.05) is 54.1 Å². The van der Waals surface area contributed by atoms with Gasteiger partial charge in [-0.15, -0.1) is 0 Å². The van der Waals surface area contributed by atoms with E-state index in [1.54, 1.807) is 36.4 Å². The fourth-order valence-electron chi connectivity index (χ4n) is 2.53. The third kappa shape index (κ3) is 4.43. The van der Waals surface area contributed by atoms with E-state index < -0.39 is 11.8 Å². The summed E-state index contributed by atoms with van der Waals surface area (Å²) in [6, 6.07) is 17.4. The second kappa shape index (κ2) is 8.33. The lowest BCUT2D eigenvalue weighted by molar-refractivity contribution is -0.120. The molecule has 27 heavy (non-hydrogen) atoms. The molecule has 7 heteroatoms. The summed E-state index contributed by atoms with van der Waals surface area (Å²) < 4.78 is 0. The van der Waals surface area contributed by atoms with Gasteiger partial charge in [0, 0.05) is 5.56 Å². The van der Waals surface area contributed by atoms with Crippen LogP contribution in [0.3, 0.4) is 0 Å². The number of benzene rings is 3. The van der Waals surface area contributed by atoms with Gasteiger partial charge in [0.05, 0.1) is 23.3 Å². The number of hydrazone groups is 1. The topological polar surface area (TPSA) is 90.8 Å². The monoisotopic (exact) mass is 381 g/mol. The first-order chi connectivity index (χ1) is 13.1. The van der Waals surface area contributed by atoms with Gasteiger partial charge >= 0.3 is 0 Å². The molecule has 0 fully saturated rings. The van der Waals surface area contributed by atoms with Crippen LogP contribution in [-0.4, -0.2) is 29.7 Å². The molecule has 0 aliphatic heterocycles. The van der Waals surface area contributed by atoms with Gasteiger partial charge in [0.2, 0.25) is 0 Å². The van der Waals surface area contributed by atoms with Gasteiger partial charge in [-0.3, -0.25) is 9.59 Å². The molecule has 3 aromatic rings. The first-order valence-electron chi connectivity index (χ1n) is 8.11. The number of carbonyl (C=O) groups is 2. The van der Waals surface area contributed by atoms with Crippen LogP contribution in [0.4, 0.5) is 0 Å². The molecule has 3 N–H and O–H groups in total. The van der Waals surface area contributed by atoms with Gasteiger partial charge in [-0.25, -0.2) is 5.43 Å². The number of carbonyl (C=O) groups excluding carboxylic acids is 2. The summed E-state index contributed by atoms with van der Waals surface area (Å²) in [6.45, 7) is -0.261. The first kappa shape index (κ1) is 18.4. The third-order valence-corrected chi connectivity index (χ3v) is 4.19. The summed E-state index contributed by atoms with van der Waals surface area (Å²) in [5.74, 6) is -0.906. The molecule has 6 nitrogen and oxygen atoms in total. The van der Waals surface area contributed by atoms with Crippen molar-refractivity contribution in [3.63, 3.8) is 0 Å². The number of phenolic OH excluding ortho intramolecular Hbond substituents is 1. The van der Waals surface area contributed by atoms with E-state index in [0.29, 0.717) is 10.6 Å². The quantitative estimate of drug-likeness (QED) is 0.468. The average Bonchev–Trinajstić information content (AvgIpc) is 2.68. The van der Waals surface area contributed by atoms with E-state index in [9.17, 15) is 14.7 Å². The molecular formula is C20H16ClN3O3. The lowest BCUT2D eigenvalue weighted by atomic mass is 10.0. The fourth-order valence-corrected chi connectivity index (χ4v) is 2.75. The smallest absolute Gasteiger partial charge is 0.259 e. The van der Waals surface area contributed by atoms with E-state index in [4.69, 9.17) is 11.6 Å². The summed E-state index contributed by atoms with van der Waals surface area (Å²) in [5.41, 5.74) is 3.10. The normalized spacial score (nSPS) is 10.9. The Labute approximate surface area is 160 Å². The van der Waals surface area contributed by atoms with Gasteiger partial charge in [0.25, 0.3) is 11.8 Å². The number of amides is 2. The van der Waals surface area contributed by atoms with Crippen molar-refractivity contribution < 1.29 is 14.7 Å². The minimum atomic E-state index is -0.508. The van der Waals surface area contributed by atoms with Crippen LogP contribution in [0.2, 0.25) is 5.02 Å². The Morgan fingerprint density at radius 2 is 1.78 bits per heavy atom. The van der Waals surface area contributed by atoms with Crippen molar-refractivity contribution in [1.29, 1.82) is 0 Å². The molecule has 0 aromatic heterocycles. The predicted octanol–water partition coefficient (Wildman–Crippen LogP) is 3.08. The minimum Gasteiger partial charge on any atom is -0.507 e. The van der Waals surface area contributed by atoms with Gasteiger partial charge in [-0.2, -0.15) is 5.10 Å².